The van der Waals surface area contributed by atoms with Crippen LogP contribution in [0.1, 0.15) is 65.7 Å². The smallest absolute Gasteiger partial charge is 0.335 e. The molecule has 0 radical (unpaired) electrons. The Labute approximate surface area is 626 Å². The molecule has 110 heavy (non-hydrogen) atoms. The molecular weight excluding hydrogens is 1430 g/mol. The summed E-state index contributed by atoms with van der Waals surface area (Å²) in [4.78, 5) is 47.6. The summed E-state index contributed by atoms with van der Waals surface area (Å²) in [6.45, 7) is 9.59. The van der Waals surface area contributed by atoms with E-state index in [0.29, 0.717) is 95.5 Å². The van der Waals surface area contributed by atoms with E-state index in [0.717, 1.165) is 75.7 Å². The van der Waals surface area contributed by atoms with Crippen LogP contribution < -0.4 is 9.47 Å². The van der Waals surface area contributed by atoms with Crippen molar-refractivity contribution in [1.29, 1.82) is 10.5 Å². The predicted octanol–water partition coefficient (Wildman–Crippen LogP) is 12.2. The van der Waals surface area contributed by atoms with Crippen molar-refractivity contribution in [2.75, 3.05) is 93.1 Å². The Kier molecular flexibility index (Phi) is 24.1. The van der Waals surface area contributed by atoms with Crippen LogP contribution in [0, 0.1) is 57.6 Å². The molecule has 14 rings (SSSR count). The molecule has 564 valence electrons. The van der Waals surface area contributed by atoms with Crippen molar-refractivity contribution in [3.63, 3.8) is 0 Å². The van der Waals surface area contributed by atoms with E-state index in [1.807, 2.05) is 24.5 Å². The lowest BCUT2D eigenvalue weighted by Gasteiger charge is -2.26. The number of benzene rings is 6. The molecule has 6 aromatic carbocycles. The quantitative estimate of drug-likeness (QED) is 0.0431. The molecule has 2 saturated heterocycles. The fraction of sp³-hybridized carbons (Fsp3) is 0.275. The van der Waals surface area contributed by atoms with E-state index in [9.17, 15) is 28.6 Å². The van der Waals surface area contributed by atoms with Gasteiger partial charge in [-0.05, 0) is 96.1 Å². The lowest BCUT2D eigenvalue weighted by Crippen LogP contribution is -2.38. The number of methoxy groups -OCH3 is 2. The molecule has 24 nitrogen and oxygen atoms in total. The standard InChI is InChI=1S/2C40H36F3N7O5/c2*1-53-12-11-50-36-18-28(40(51)52)16-30(29-22-45-49(23-29)8-7-48-9-13-54-14-10-48)39(36)47-37(50)19-27-17-34(43)31(20-33(27)42)35-3-2-4-38(46-35)55-24-26-6-5-25(21-44)15-32(26)41/h2*2-6,15-18,20,22-23H,7-14,19,24H2,1H3,(H,51,52). The lowest BCUT2D eigenvalue weighted by atomic mass is 10.0. The molecule has 2 fully saturated rings. The number of pyridine rings is 2. The first-order valence-corrected chi connectivity index (χ1v) is 35.1. The third kappa shape index (κ3) is 17.8. The maximum Gasteiger partial charge on any atom is 0.335 e. The fourth-order valence-corrected chi connectivity index (χ4v) is 13.0. The van der Waals surface area contributed by atoms with Crippen molar-refractivity contribution in [3.8, 4) is 68.7 Å². The fourth-order valence-electron chi connectivity index (χ4n) is 13.0. The Morgan fingerprint density at radius 2 is 0.882 bits per heavy atom. The van der Waals surface area contributed by atoms with Gasteiger partial charge in [-0.25, -0.2) is 55.9 Å². The summed E-state index contributed by atoms with van der Waals surface area (Å²) in [5, 5.41) is 47.1. The second-order valence-electron chi connectivity index (χ2n) is 26.0. The summed E-state index contributed by atoms with van der Waals surface area (Å²) in [7, 11) is 3.07. The van der Waals surface area contributed by atoms with Gasteiger partial charge in [0, 0.05) is 148 Å². The van der Waals surface area contributed by atoms with E-state index in [1.54, 1.807) is 55.2 Å². The van der Waals surface area contributed by atoms with Crippen LogP contribution in [0.25, 0.3) is 66.8 Å². The summed E-state index contributed by atoms with van der Waals surface area (Å²) >= 11 is 0. The molecular formula is C80H72F6N14O10. The highest BCUT2D eigenvalue weighted by Crippen LogP contribution is 2.36. The number of imidazole rings is 2. The normalized spacial score (nSPS) is 13.3. The van der Waals surface area contributed by atoms with E-state index in [1.165, 1.54) is 74.9 Å². The van der Waals surface area contributed by atoms with E-state index >= 15 is 17.6 Å². The zero-order valence-electron chi connectivity index (χ0n) is 59.7. The number of morpholine rings is 2. The molecule has 0 bridgehead atoms. The number of aromatic carboxylic acids is 2. The van der Waals surface area contributed by atoms with E-state index < -0.39 is 46.8 Å². The minimum Gasteiger partial charge on any atom is -0.478 e. The van der Waals surface area contributed by atoms with Crippen LogP contribution in [-0.4, -0.2) is 174 Å². The van der Waals surface area contributed by atoms with Crippen LogP contribution in [0.2, 0.25) is 0 Å². The molecule has 0 spiro atoms. The minimum atomic E-state index is -1.13. The average molecular weight is 1500 g/mol. The molecule has 0 atom stereocenters. The van der Waals surface area contributed by atoms with Crippen molar-refractivity contribution in [3.05, 3.63) is 237 Å². The van der Waals surface area contributed by atoms with Gasteiger partial charge in [0.2, 0.25) is 11.8 Å². The number of ether oxygens (including phenoxy) is 6. The van der Waals surface area contributed by atoms with Crippen molar-refractivity contribution >= 4 is 34.0 Å². The number of rotatable bonds is 28. The highest BCUT2D eigenvalue weighted by atomic mass is 19.1. The maximum atomic E-state index is 15.9. The summed E-state index contributed by atoms with van der Waals surface area (Å²) in [6.07, 6.45) is 6.80. The van der Waals surface area contributed by atoms with E-state index in [2.05, 4.69) is 30.0 Å². The maximum absolute atomic E-state index is 15.9. The monoisotopic (exact) mass is 1500 g/mol. The summed E-state index contributed by atoms with van der Waals surface area (Å²) in [5.74, 6) is -5.48. The van der Waals surface area contributed by atoms with Gasteiger partial charge >= 0.3 is 11.9 Å². The molecule has 0 unspecified atom stereocenters. The Bertz CT molecular complexity index is 5130. The van der Waals surface area contributed by atoms with Gasteiger partial charge < -0.3 is 47.8 Å². The number of hydrogen-bond donors (Lipinski definition) is 2. The number of nitrogens with zero attached hydrogens (tertiary/aromatic N) is 14. The molecule has 12 aromatic rings. The van der Waals surface area contributed by atoms with Crippen LogP contribution in [-0.2, 0) is 71.2 Å². The second-order valence-corrected chi connectivity index (χ2v) is 26.0. The number of fused-ring (bicyclic) bond motifs is 2. The van der Waals surface area contributed by atoms with Crippen molar-refractivity contribution in [2.45, 2.75) is 52.2 Å². The molecule has 2 aliphatic rings. The molecule has 0 aliphatic carbocycles. The van der Waals surface area contributed by atoms with Gasteiger partial charge in [-0.3, -0.25) is 19.2 Å². The highest BCUT2D eigenvalue weighted by Gasteiger charge is 2.26. The molecule has 0 saturated carbocycles. The third-order valence-electron chi connectivity index (χ3n) is 18.9. The van der Waals surface area contributed by atoms with Gasteiger partial charge in [0.1, 0.15) is 59.8 Å². The number of hydrogen-bond acceptors (Lipinski definition) is 18. The summed E-state index contributed by atoms with van der Waals surface area (Å²) < 4.78 is 132. The van der Waals surface area contributed by atoms with Crippen molar-refractivity contribution in [2.24, 2.45) is 0 Å². The molecule has 0 amide bonds. The first-order chi connectivity index (χ1) is 53.4. The molecule has 30 heteroatoms. The largest absolute Gasteiger partial charge is 0.478 e. The topological polar surface area (TPSA) is 281 Å². The third-order valence-corrected chi connectivity index (χ3v) is 18.9. The number of carboxylic acids is 2. The minimum absolute atomic E-state index is 0.0230. The van der Waals surface area contributed by atoms with Crippen LogP contribution >= 0.6 is 0 Å². The molecule has 6 aromatic heterocycles. The van der Waals surface area contributed by atoms with Gasteiger partial charge in [0.05, 0.1) is 133 Å². The number of nitriles is 2. The Morgan fingerprint density at radius 1 is 0.473 bits per heavy atom. The zero-order valence-corrected chi connectivity index (χ0v) is 59.7. The lowest BCUT2D eigenvalue weighted by molar-refractivity contribution is 0.0359. The zero-order chi connectivity index (χ0) is 77.0. The van der Waals surface area contributed by atoms with E-state index in [-0.39, 0.29) is 131 Å². The number of halogens is 6. The summed E-state index contributed by atoms with van der Waals surface area (Å²) in [6, 6.07) is 31.3. The average Bonchev–Trinajstić information content (AvgIpc) is 1.61. The van der Waals surface area contributed by atoms with Gasteiger partial charge in [-0.15, -0.1) is 0 Å². The predicted molar refractivity (Wildman–Crippen MR) is 390 cm³/mol. The molecule has 2 aliphatic heterocycles. The Morgan fingerprint density at radius 3 is 1.26 bits per heavy atom. The number of carbonyl (C=O) groups is 2. The first kappa shape index (κ1) is 76.1. The summed E-state index contributed by atoms with van der Waals surface area (Å²) in [5.41, 5.74) is 5.25. The van der Waals surface area contributed by atoms with Gasteiger partial charge in [-0.1, -0.05) is 24.3 Å². The van der Waals surface area contributed by atoms with Gasteiger partial charge in [0.15, 0.2) is 0 Å². The first-order valence-electron chi connectivity index (χ1n) is 35.1. The van der Waals surface area contributed by atoms with Crippen LogP contribution in [0.4, 0.5) is 26.3 Å². The van der Waals surface area contributed by atoms with Crippen molar-refractivity contribution in [1.82, 2.24) is 58.4 Å². The van der Waals surface area contributed by atoms with Gasteiger partial charge in [0.25, 0.3) is 0 Å². The number of carboxylic acid groups (broad SMARTS) is 2. The van der Waals surface area contributed by atoms with Gasteiger partial charge in [-0.2, -0.15) is 20.7 Å². The van der Waals surface area contributed by atoms with Crippen LogP contribution in [0.15, 0.2) is 146 Å². The van der Waals surface area contributed by atoms with E-state index in [4.69, 9.17) is 48.9 Å². The molecule has 2 N–H and O–H groups in total. The van der Waals surface area contributed by atoms with Crippen LogP contribution in [0.3, 0.4) is 0 Å². The Hall–Kier alpha value is -12.2. The SMILES string of the molecule is COCCn1c(Cc2cc(F)c(-c3cccc(OCc4ccc(C#N)cc4F)n3)cc2F)nc2c(-c3cnn(CCN4CCOCC4)c3)cc(C(=O)O)cc21.COCCn1c(Cc2cc(F)c(-c3cccc(OCc4ccc(C#N)cc4F)n3)cc2F)nc2c(-c3cnn(CCN4CCOCC4)c3)cc(C(=O)O)cc21. The molecule has 8 heterocycles. The second kappa shape index (κ2) is 34.8. The Balaban J connectivity index is 0.000000193. The number of aromatic nitrogens is 10. The van der Waals surface area contributed by atoms with Crippen LogP contribution in [0.5, 0.6) is 11.8 Å². The van der Waals surface area contributed by atoms with Crippen molar-refractivity contribution < 1.29 is 74.6 Å². The highest BCUT2D eigenvalue weighted by molar-refractivity contribution is 6.01.